The maximum Gasteiger partial charge on any atom is 0.256 e. The van der Waals surface area contributed by atoms with Crippen LogP contribution in [-0.4, -0.2) is 47.0 Å². The van der Waals surface area contributed by atoms with Crippen LogP contribution in [0.4, 0.5) is 0 Å². The summed E-state index contributed by atoms with van der Waals surface area (Å²) in [5.41, 5.74) is 3.79. The number of halogens is 1. The van der Waals surface area contributed by atoms with Gasteiger partial charge >= 0.3 is 0 Å². The number of ether oxygens (including phenoxy) is 1. The minimum Gasteiger partial charge on any atom is -0.379 e. The van der Waals surface area contributed by atoms with Gasteiger partial charge in [0.05, 0.1) is 29.6 Å². The Bertz CT molecular complexity index is 401. The Labute approximate surface area is 108 Å². The number of nitrogens with zero attached hydrogens (tertiary/aromatic N) is 3. The van der Waals surface area contributed by atoms with Gasteiger partial charge in [0.2, 0.25) is 0 Å². The number of nitrogens with one attached hydrogen (secondary N) is 1. The van der Waals surface area contributed by atoms with Crippen LogP contribution in [0.3, 0.4) is 0 Å². The van der Waals surface area contributed by atoms with Crippen molar-refractivity contribution < 1.29 is 9.53 Å². The molecule has 0 aromatic carbocycles. The van der Waals surface area contributed by atoms with E-state index in [2.05, 4.69) is 26.5 Å². The second-order valence-corrected chi connectivity index (χ2v) is 4.72. The highest BCUT2D eigenvalue weighted by atomic mass is 79.9. The first kappa shape index (κ1) is 12.5. The molecule has 1 aliphatic rings. The fraction of sp³-hybridized carbons (Fsp3) is 0.600. The van der Waals surface area contributed by atoms with Crippen molar-refractivity contribution in [3.05, 3.63) is 16.4 Å². The Morgan fingerprint density at radius 3 is 2.88 bits per heavy atom. The molecule has 1 N–H and O–H groups in total. The zero-order valence-corrected chi connectivity index (χ0v) is 11.2. The number of carbonyl (C=O) groups excluding carboxylic acids is 1. The largest absolute Gasteiger partial charge is 0.379 e. The molecule has 0 saturated carbocycles. The lowest BCUT2D eigenvalue weighted by atomic mass is 10.4. The molecule has 7 heteroatoms. The molecule has 2 heterocycles. The quantitative estimate of drug-likeness (QED) is 0.873. The number of hydrogen-bond donors (Lipinski definition) is 1. The zero-order valence-electron chi connectivity index (χ0n) is 9.65. The summed E-state index contributed by atoms with van der Waals surface area (Å²) < 4.78 is 7.79. The van der Waals surface area contributed by atoms with Gasteiger partial charge in [0.25, 0.3) is 5.91 Å². The van der Waals surface area contributed by atoms with E-state index in [1.165, 1.54) is 0 Å². The molecule has 0 radical (unpaired) electrons. The molecule has 1 saturated heterocycles. The molecule has 0 atom stereocenters. The Morgan fingerprint density at radius 1 is 1.59 bits per heavy atom. The van der Waals surface area contributed by atoms with Crippen molar-refractivity contribution in [2.45, 2.75) is 13.5 Å². The monoisotopic (exact) mass is 302 g/mol. The number of amides is 1. The summed E-state index contributed by atoms with van der Waals surface area (Å²) in [6, 6.07) is 0. The zero-order chi connectivity index (χ0) is 12.3. The predicted octanol–water partition coefficient (Wildman–Crippen LogP) is 0.317. The van der Waals surface area contributed by atoms with E-state index >= 15 is 0 Å². The Morgan fingerprint density at radius 2 is 2.29 bits per heavy atom. The van der Waals surface area contributed by atoms with Crippen LogP contribution in [0.5, 0.6) is 0 Å². The molecule has 6 nitrogen and oxygen atoms in total. The van der Waals surface area contributed by atoms with Gasteiger partial charge in [-0.05, 0) is 22.9 Å². The number of hydrogen-bond acceptors (Lipinski definition) is 4. The van der Waals surface area contributed by atoms with E-state index in [1.54, 1.807) is 10.9 Å². The molecular weight excluding hydrogens is 288 g/mol. The summed E-state index contributed by atoms with van der Waals surface area (Å²) in [6.07, 6.45) is 1.69. The van der Waals surface area contributed by atoms with Crippen LogP contribution in [0.15, 0.2) is 10.7 Å². The summed E-state index contributed by atoms with van der Waals surface area (Å²) in [6.45, 7) is 4.92. The van der Waals surface area contributed by atoms with E-state index in [9.17, 15) is 4.79 Å². The molecule has 17 heavy (non-hydrogen) atoms. The minimum absolute atomic E-state index is 0.0643. The van der Waals surface area contributed by atoms with Crippen LogP contribution in [0.1, 0.15) is 5.69 Å². The van der Waals surface area contributed by atoms with Crippen molar-refractivity contribution in [3.8, 4) is 0 Å². The molecule has 0 bridgehead atoms. The number of hydrazine groups is 1. The highest BCUT2D eigenvalue weighted by Crippen LogP contribution is 2.13. The van der Waals surface area contributed by atoms with Gasteiger partial charge in [0.1, 0.15) is 6.54 Å². The Balaban J connectivity index is 1.86. The molecule has 1 aliphatic heterocycles. The van der Waals surface area contributed by atoms with Crippen molar-refractivity contribution in [2.24, 2.45) is 0 Å². The van der Waals surface area contributed by atoms with Crippen molar-refractivity contribution in [3.63, 3.8) is 0 Å². The van der Waals surface area contributed by atoms with Crippen LogP contribution in [-0.2, 0) is 16.1 Å². The van der Waals surface area contributed by atoms with Crippen LogP contribution in [0.2, 0.25) is 0 Å². The lowest BCUT2D eigenvalue weighted by Crippen LogP contribution is -2.49. The lowest BCUT2D eigenvalue weighted by Gasteiger charge is -2.26. The smallest absolute Gasteiger partial charge is 0.256 e. The third-order valence-electron chi connectivity index (χ3n) is 2.63. The molecule has 1 fully saturated rings. The average Bonchev–Trinajstić information content (AvgIpc) is 2.62. The first-order valence-electron chi connectivity index (χ1n) is 5.47. The maximum atomic E-state index is 11.8. The van der Waals surface area contributed by atoms with Crippen molar-refractivity contribution in [2.75, 3.05) is 26.3 Å². The third kappa shape index (κ3) is 3.27. The highest BCUT2D eigenvalue weighted by molar-refractivity contribution is 9.10. The van der Waals surface area contributed by atoms with Gasteiger partial charge in [-0.15, -0.1) is 0 Å². The van der Waals surface area contributed by atoms with Gasteiger partial charge in [-0.1, -0.05) is 0 Å². The molecule has 2 rings (SSSR count). The number of morpholine rings is 1. The maximum absolute atomic E-state index is 11.8. The van der Waals surface area contributed by atoms with Crippen molar-refractivity contribution in [1.82, 2.24) is 20.2 Å². The van der Waals surface area contributed by atoms with E-state index in [0.29, 0.717) is 13.2 Å². The fourth-order valence-corrected chi connectivity index (χ4v) is 1.90. The fourth-order valence-electron chi connectivity index (χ4n) is 1.61. The van der Waals surface area contributed by atoms with Crippen molar-refractivity contribution in [1.29, 1.82) is 0 Å². The van der Waals surface area contributed by atoms with Crippen LogP contribution < -0.4 is 5.43 Å². The normalized spacial score (nSPS) is 17.1. The standard InChI is InChI=1S/C10H15BrN4O2/c1-8-9(11)6-12-15(8)7-10(16)13-14-2-4-17-5-3-14/h6H,2-5,7H2,1H3,(H,13,16). The van der Waals surface area contributed by atoms with Crippen molar-refractivity contribution >= 4 is 21.8 Å². The Kier molecular flexibility index (Phi) is 4.14. The van der Waals surface area contributed by atoms with E-state index in [-0.39, 0.29) is 12.5 Å². The predicted molar refractivity (Wildman–Crippen MR) is 65.2 cm³/mol. The Hall–Kier alpha value is -0.920. The van der Waals surface area contributed by atoms with Gasteiger partial charge in [-0.25, -0.2) is 5.01 Å². The van der Waals surface area contributed by atoms with E-state index in [0.717, 1.165) is 23.3 Å². The summed E-state index contributed by atoms with van der Waals surface area (Å²) in [7, 11) is 0. The van der Waals surface area contributed by atoms with Crippen LogP contribution >= 0.6 is 15.9 Å². The summed E-state index contributed by atoms with van der Waals surface area (Å²) >= 11 is 3.36. The molecular formula is C10H15BrN4O2. The van der Waals surface area contributed by atoms with Crippen LogP contribution in [0, 0.1) is 6.92 Å². The van der Waals surface area contributed by atoms with E-state index in [1.807, 2.05) is 11.9 Å². The summed E-state index contributed by atoms with van der Waals surface area (Å²) in [4.78, 5) is 11.8. The van der Waals surface area contributed by atoms with E-state index < -0.39 is 0 Å². The first-order chi connectivity index (χ1) is 8.16. The highest BCUT2D eigenvalue weighted by Gasteiger charge is 2.14. The van der Waals surface area contributed by atoms with Gasteiger partial charge in [0.15, 0.2) is 0 Å². The topological polar surface area (TPSA) is 59.4 Å². The minimum atomic E-state index is -0.0643. The number of aromatic nitrogens is 2. The number of carbonyl (C=O) groups is 1. The first-order valence-corrected chi connectivity index (χ1v) is 6.26. The molecule has 94 valence electrons. The molecule has 1 aromatic heterocycles. The van der Waals surface area contributed by atoms with Gasteiger partial charge < -0.3 is 4.74 Å². The van der Waals surface area contributed by atoms with Gasteiger partial charge in [-0.2, -0.15) is 5.10 Å². The van der Waals surface area contributed by atoms with Gasteiger partial charge in [-0.3, -0.25) is 14.9 Å². The summed E-state index contributed by atoms with van der Waals surface area (Å²) in [5.74, 6) is -0.0643. The molecule has 0 spiro atoms. The number of rotatable bonds is 3. The summed E-state index contributed by atoms with van der Waals surface area (Å²) in [5, 5.41) is 5.99. The van der Waals surface area contributed by atoms with Gasteiger partial charge in [0, 0.05) is 13.1 Å². The lowest BCUT2D eigenvalue weighted by molar-refractivity contribution is -0.128. The molecule has 1 aromatic rings. The second kappa shape index (κ2) is 5.61. The van der Waals surface area contributed by atoms with Crippen LogP contribution in [0.25, 0.3) is 0 Å². The van der Waals surface area contributed by atoms with E-state index in [4.69, 9.17) is 4.74 Å². The molecule has 1 amide bonds. The second-order valence-electron chi connectivity index (χ2n) is 3.87. The molecule has 0 unspecified atom stereocenters. The molecule has 0 aliphatic carbocycles. The SMILES string of the molecule is Cc1c(Br)cnn1CC(=O)NN1CCOCC1. The third-order valence-corrected chi connectivity index (χ3v) is 3.41. The average molecular weight is 303 g/mol.